The third kappa shape index (κ3) is 3.01. The highest BCUT2D eigenvalue weighted by Crippen LogP contribution is 2.26. The Morgan fingerprint density at radius 1 is 1.54 bits per heavy atom. The lowest BCUT2D eigenvalue weighted by Gasteiger charge is -2.10. The van der Waals surface area contributed by atoms with E-state index in [0.717, 1.165) is 10.0 Å². The molecule has 0 spiro atoms. The Hall–Kier alpha value is 0.01000. The molecule has 1 N–H and O–H groups in total. The van der Waals surface area contributed by atoms with E-state index in [1.807, 2.05) is 12.3 Å². The van der Waals surface area contributed by atoms with Gasteiger partial charge in [0.2, 0.25) is 0 Å². The molecule has 1 nitrogen and oxygen atoms in total. The third-order valence-corrected chi connectivity index (χ3v) is 2.99. The highest BCUT2D eigenvalue weighted by atomic mass is 79.9. The van der Waals surface area contributed by atoms with Gasteiger partial charge in [-0.05, 0) is 36.9 Å². The monoisotopic (exact) mass is 259 g/mol. The van der Waals surface area contributed by atoms with Gasteiger partial charge in [0, 0.05) is 21.9 Å². The average Bonchev–Trinajstić information content (AvgIpc) is 2.15. The average molecular weight is 260 g/mol. The second-order valence-electron chi connectivity index (χ2n) is 2.80. The van der Waals surface area contributed by atoms with Crippen LogP contribution in [0.1, 0.15) is 11.5 Å². The molecule has 1 rings (SSSR count). The highest BCUT2D eigenvalue weighted by molar-refractivity contribution is 9.10. The van der Waals surface area contributed by atoms with Gasteiger partial charge in [0.1, 0.15) is 0 Å². The molecule has 0 aliphatic carbocycles. The number of thioether (sulfide) groups is 1. The number of hydrogen-bond acceptors (Lipinski definition) is 2. The molecule has 0 heterocycles. The fourth-order valence-corrected chi connectivity index (χ4v) is 2.20. The van der Waals surface area contributed by atoms with Crippen LogP contribution in [0.4, 0.5) is 0 Å². The lowest BCUT2D eigenvalue weighted by Crippen LogP contribution is -1.99. The van der Waals surface area contributed by atoms with Crippen LogP contribution in [0.3, 0.4) is 0 Å². The van der Waals surface area contributed by atoms with Gasteiger partial charge >= 0.3 is 0 Å². The molecular formula is C10H12BrOS. The summed E-state index contributed by atoms with van der Waals surface area (Å²) in [6.07, 6.45) is 2.03. The molecule has 0 fully saturated rings. The molecule has 0 saturated heterocycles. The quantitative estimate of drug-likeness (QED) is 0.843. The van der Waals surface area contributed by atoms with Gasteiger partial charge in [-0.3, -0.25) is 0 Å². The van der Waals surface area contributed by atoms with Gasteiger partial charge in [0.05, 0.1) is 0 Å². The summed E-state index contributed by atoms with van der Waals surface area (Å²) in [5.41, 5.74) is 1.07. The number of hydrogen-bond donors (Lipinski definition) is 1. The minimum Gasteiger partial charge on any atom is -0.396 e. The molecule has 3 heteroatoms. The number of halogens is 1. The summed E-state index contributed by atoms with van der Waals surface area (Å²) in [7, 11) is 0. The number of rotatable bonds is 3. The summed E-state index contributed by atoms with van der Waals surface area (Å²) in [4.78, 5) is 1.19. The van der Waals surface area contributed by atoms with E-state index < -0.39 is 0 Å². The van der Waals surface area contributed by atoms with E-state index in [2.05, 4.69) is 35.0 Å². The van der Waals surface area contributed by atoms with E-state index in [4.69, 9.17) is 5.11 Å². The molecular weight excluding hydrogens is 248 g/mol. The third-order valence-electron chi connectivity index (χ3n) is 1.82. The van der Waals surface area contributed by atoms with Crippen molar-refractivity contribution in [1.29, 1.82) is 0 Å². The fraction of sp³-hybridized carbons (Fsp3) is 0.300. The molecule has 1 radical (unpaired) electrons. The van der Waals surface area contributed by atoms with Gasteiger partial charge in [-0.25, -0.2) is 0 Å². The van der Waals surface area contributed by atoms with Crippen LogP contribution < -0.4 is 0 Å². The summed E-state index contributed by atoms with van der Waals surface area (Å²) >= 11 is 5.11. The molecule has 1 atom stereocenters. The summed E-state index contributed by atoms with van der Waals surface area (Å²) < 4.78 is 1.04. The molecule has 1 unspecified atom stereocenters. The molecule has 1 aromatic carbocycles. The van der Waals surface area contributed by atoms with Gasteiger partial charge in [-0.15, -0.1) is 11.8 Å². The molecule has 0 amide bonds. The summed E-state index contributed by atoms with van der Waals surface area (Å²) in [6, 6.07) is 6.11. The SMILES string of the molecule is [CH2]C(CO)c1cc(Br)cc(SC)c1. The first-order valence-corrected chi connectivity index (χ1v) is 5.97. The van der Waals surface area contributed by atoms with Crippen molar-refractivity contribution < 1.29 is 5.11 Å². The van der Waals surface area contributed by atoms with Crippen molar-refractivity contribution in [3.8, 4) is 0 Å². The van der Waals surface area contributed by atoms with Crippen LogP contribution in [-0.2, 0) is 0 Å². The lowest BCUT2D eigenvalue weighted by atomic mass is 10.0. The van der Waals surface area contributed by atoms with Crippen molar-refractivity contribution in [2.24, 2.45) is 0 Å². The van der Waals surface area contributed by atoms with Crippen LogP contribution in [0.5, 0.6) is 0 Å². The van der Waals surface area contributed by atoms with Crippen molar-refractivity contribution in [3.05, 3.63) is 35.2 Å². The van der Waals surface area contributed by atoms with E-state index in [1.165, 1.54) is 4.90 Å². The highest BCUT2D eigenvalue weighted by Gasteiger charge is 2.05. The van der Waals surface area contributed by atoms with Crippen LogP contribution in [0.15, 0.2) is 27.6 Å². The Kier molecular flexibility index (Phi) is 4.29. The van der Waals surface area contributed by atoms with Gasteiger partial charge in [0.25, 0.3) is 0 Å². The smallest absolute Gasteiger partial charge is 0.0499 e. The first-order valence-electron chi connectivity index (χ1n) is 3.95. The van der Waals surface area contributed by atoms with Crippen molar-refractivity contribution >= 4 is 27.7 Å². The Morgan fingerprint density at radius 3 is 2.77 bits per heavy atom. The predicted molar refractivity (Wildman–Crippen MR) is 61.1 cm³/mol. The maximum absolute atomic E-state index is 8.96. The maximum Gasteiger partial charge on any atom is 0.0499 e. The Balaban J connectivity index is 3.01. The van der Waals surface area contributed by atoms with Crippen molar-refractivity contribution in [1.82, 2.24) is 0 Å². The zero-order valence-corrected chi connectivity index (χ0v) is 9.86. The maximum atomic E-state index is 8.96. The first-order chi connectivity index (χ1) is 6.17. The Labute approximate surface area is 91.7 Å². The van der Waals surface area contributed by atoms with E-state index in [9.17, 15) is 0 Å². The molecule has 0 aromatic heterocycles. The van der Waals surface area contributed by atoms with Gasteiger partial charge < -0.3 is 5.11 Å². The summed E-state index contributed by atoms with van der Waals surface area (Å²) in [6.45, 7) is 3.95. The molecule has 0 aliphatic heterocycles. The molecule has 13 heavy (non-hydrogen) atoms. The van der Waals surface area contributed by atoms with Crippen LogP contribution in [-0.4, -0.2) is 18.0 Å². The van der Waals surface area contributed by atoms with Crippen LogP contribution in [0, 0.1) is 6.92 Å². The fourth-order valence-electron chi connectivity index (χ4n) is 1.04. The van der Waals surface area contributed by atoms with Crippen molar-refractivity contribution in [3.63, 3.8) is 0 Å². The second-order valence-corrected chi connectivity index (χ2v) is 4.60. The molecule has 0 saturated carbocycles. The van der Waals surface area contributed by atoms with Crippen LogP contribution in [0.25, 0.3) is 0 Å². The zero-order valence-electron chi connectivity index (χ0n) is 7.46. The van der Waals surface area contributed by atoms with Gasteiger partial charge in [-0.2, -0.15) is 0 Å². The lowest BCUT2D eigenvalue weighted by molar-refractivity contribution is 0.282. The van der Waals surface area contributed by atoms with Gasteiger partial charge in [-0.1, -0.05) is 15.9 Å². The minimum atomic E-state index is -0.0385. The zero-order chi connectivity index (χ0) is 9.84. The normalized spacial score (nSPS) is 12.9. The van der Waals surface area contributed by atoms with Crippen molar-refractivity contribution in [2.45, 2.75) is 10.8 Å². The number of aliphatic hydroxyl groups is 1. The van der Waals surface area contributed by atoms with E-state index in [-0.39, 0.29) is 12.5 Å². The molecule has 1 aromatic rings. The topological polar surface area (TPSA) is 20.2 Å². The summed E-state index contributed by atoms with van der Waals surface area (Å²) in [5.74, 6) is -0.0385. The van der Waals surface area contributed by atoms with E-state index in [0.29, 0.717) is 0 Å². The molecule has 71 valence electrons. The molecule has 0 bridgehead atoms. The van der Waals surface area contributed by atoms with Crippen LogP contribution >= 0.6 is 27.7 Å². The van der Waals surface area contributed by atoms with Crippen LogP contribution in [0.2, 0.25) is 0 Å². The number of benzene rings is 1. The largest absolute Gasteiger partial charge is 0.396 e. The molecule has 0 aliphatic rings. The van der Waals surface area contributed by atoms with Crippen molar-refractivity contribution in [2.75, 3.05) is 12.9 Å². The van der Waals surface area contributed by atoms with Gasteiger partial charge in [0.15, 0.2) is 0 Å². The standard InChI is InChI=1S/C10H12BrOS/c1-7(6-12)8-3-9(11)5-10(4-8)13-2/h3-5,7,12H,1,6H2,2H3. The second kappa shape index (κ2) is 5.03. The Morgan fingerprint density at radius 2 is 2.23 bits per heavy atom. The minimum absolute atomic E-state index is 0.0385. The number of aliphatic hydroxyl groups excluding tert-OH is 1. The summed E-state index contributed by atoms with van der Waals surface area (Å²) in [5, 5.41) is 8.96. The Bertz CT molecular complexity index is 288. The van der Waals surface area contributed by atoms with E-state index >= 15 is 0 Å². The van der Waals surface area contributed by atoms with E-state index in [1.54, 1.807) is 11.8 Å². The predicted octanol–water partition coefficient (Wildman–Crippen LogP) is 3.08. The first kappa shape index (κ1) is 11.1.